The summed E-state index contributed by atoms with van der Waals surface area (Å²) in [5.41, 5.74) is 9.81. The minimum absolute atomic E-state index is 0.0263. The Hall–Kier alpha value is -2.83. The molecule has 0 bridgehead atoms. The molecule has 0 aliphatic carbocycles. The van der Waals surface area contributed by atoms with Crippen LogP contribution in [0.25, 0.3) is 10.9 Å². The Morgan fingerprint density at radius 1 is 1.15 bits per heavy atom. The number of fused-ring (bicyclic) bond motifs is 1. The van der Waals surface area contributed by atoms with Crippen LogP contribution < -0.4 is 20.9 Å². The second-order valence-electron chi connectivity index (χ2n) is 6.80. The van der Waals surface area contributed by atoms with E-state index < -0.39 is 0 Å². The average Bonchev–Trinajstić information content (AvgIpc) is 3.36. The lowest BCUT2D eigenvalue weighted by atomic mass is 10.0. The molecule has 1 amide bonds. The van der Waals surface area contributed by atoms with Gasteiger partial charge in [0.15, 0.2) is 0 Å². The maximum atomic E-state index is 12.5. The van der Waals surface area contributed by atoms with E-state index in [1.54, 1.807) is 7.11 Å². The summed E-state index contributed by atoms with van der Waals surface area (Å²) in [5, 5.41) is 4.26. The zero-order valence-electron chi connectivity index (χ0n) is 15.3. The number of benzene rings is 2. The number of rotatable bonds is 6. The lowest BCUT2D eigenvalue weighted by Gasteiger charge is -2.11. The van der Waals surface area contributed by atoms with Crippen molar-refractivity contribution in [2.24, 2.45) is 0 Å². The molecule has 6 nitrogen and oxygen atoms in total. The zero-order chi connectivity index (χ0) is 18.6. The second kappa shape index (κ2) is 7.82. The molecule has 0 radical (unpaired) electrons. The molecule has 2 aromatic carbocycles. The molecule has 2 atom stereocenters. The Morgan fingerprint density at radius 2 is 1.96 bits per heavy atom. The first-order valence-corrected chi connectivity index (χ1v) is 9.22. The molecule has 1 aliphatic heterocycles. The van der Waals surface area contributed by atoms with Gasteiger partial charge >= 0.3 is 0 Å². The number of nitrogens with one attached hydrogen (secondary N) is 4. The van der Waals surface area contributed by atoms with E-state index in [2.05, 4.69) is 33.3 Å². The topological polar surface area (TPSA) is 78.2 Å². The number of aromatic amines is 1. The molecule has 6 heteroatoms. The van der Waals surface area contributed by atoms with Crippen LogP contribution in [0.1, 0.15) is 23.6 Å². The Kier molecular flexibility index (Phi) is 5.09. The summed E-state index contributed by atoms with van der Waals surface area (Å²) in [6.45, 7) is 0.617. The molecule has 0 saturated carbocycles. The first-order chi connectivity index (χ1) is 13.2. The number of H-pyrrole nitrogens is 1. The fourth-order valence-corrected chi connectivity index (χ4v) is 3.56. The maximum Gasteiger partial charge on any atom is 0.238 e. The Bertz CT molecular complexity index is 919. The van der Waals surface area contributed by atoms with Gasteiger partial charge in [-0.05, 0) is 42.2 Å². The minimum Gasteiger partial charge on any atom is -0.497 e. The van der Waals surface area contributed by atoms with Gasteiger partial charge in [0, 0.05) is 29.7 Å². The van der Waals surface area contributed by atoms with E-state index in [0.717, 1.165) is 23.3 Å². The van der Waals surface area contributed by atoms with E-state index in [1.807, 2.05) is 42.6 Å². The number of methoxy groups -OCH3 is 1. The van der Waals surface area contributed by atoms with Crippen molar-refractivity contribution in [2.75, 3.05) is 13.7 Å². The van der Waals surface area contributed by atoms with Gasteiger partial charge in [-0.25, -0.2) is 10.9 Å². The first-order valence-electron chi connectivity index (χ1n) is 9.22. The number of hydrogen-bond acceptors (Lipinski definition) is 4. The summed E-state index contributed by atoms with van der Waals surface area (Å²) in [4.78, 5) is 15.7. The van der Waals surface area contributed by atoms with Gasteiger partial charge in [0.2, 0.25) is 5.91 Å². The number of para-hydroxylation sites is 1. The van der Waals surface area contributed by atoms with E-state index in [-0.39, 0.29) is 18.0 Å². The third-order valence-corrected chi connectivity index (χ3v) is 5.11. The predicted octanol–water partition coefficient (Wildman–Crippen LogP) is 2.44. The second-order valence-corrected chi connectivity index (χ2v) is 6.80. The van der Waals surface area contributed by atoms with Gasteiger partial charge in [0.05, 0.1) is 7.11 Å². The van der Waals surface area contributed by atoms with Crippen LogP contribution in [0, 0.1) is 0 Å². The molecule has 1 saturated heterocycles. The van der Waals surface area contributed by atoms with Crippen molar-refractivity contribution in [3.05, 3.63) is 65.9 Å². The molecule has 2 heterocycles. The van der Waals surface area contributed by atoms with Crippen molar-refractivity contribution in [2.45, 2.75) is 24.9 Å². The van der Waals surface area contributed by atoms with Crippen LogP contribution in [0.4, 0.5) is 0 Å². The first kappa shape index (κ1) is 17.6. The van der Waals surface area contributed by atoms with Crippen LogP contribution in [0.5, 0.6) is 5.75 Å². The zero-order valence-corrected chi connectivity index (χ0v) is 15.3. The van der Waals surface area contributed by atoms with E-state index in [1.165, 1.54) is 10.9 Å². The molecule has 2 unspecified atom stereocenters. The Labute approximate surface area is 158 Å². The summed E-state index contributed by atoms with van der Waals surface area (Å²) in [6.07, 6.45) is 3.54. The molecule has 1 aromatic heterocycles. The molecule has 0 spiro atoms. The number of carbonyl (C=O) groups excluding carboxylic acids is 1. The van der Waals surface area contributed by atoms with Gasteiger partial charge in [-0.15, -0.1) is 0 Å². The van der Waals surface area contributed by atoms with Crippen molar-refractivity contribution in [1.82, 2.24) is 21.2 Å². The monoisotopic (exact) mass is 364 g/mol. The van der Waals surface area contributed by atoms with Crippen molar-refractivity contribution in [3.63, 3.8) is 0 Å². The van der Waals surface area contributed by atoms with Crippen molar-refractivity contribution < 1.29 is 9.53 Å². The summed E-state index contributed by atoms with van der Waals surface area (Å²) < 4.78 is 5.19. The highest BCUT2D eigenvalue weighted by atomic mass is 16.5. The van der Waals surface area contributed by atoms with Crippen molar-refractivity contribution >= 4 is 16.8 Å². The van der Waals surface area contributed by atoms with Crippen LogP contribution >= 0.6 is 0 Å². The largest absolute Gasteiger partial charge is 0.497 e. The average molecular weight is 364 g/mol. The lowest BCUT2D eigenvalue weighted by Crippen LogP contribution is -2.43. The lowest BCUT2D eigenvalue weighted by molar-refractivity contribution is -0.122. The third kappa shape index (κ3) is 3.82. The van der Waals surface area contributed by atoms with Crippen LogP contribution in [0.2, 0.25) is 0 Å². The van der Waals surface area contributed by atoms with Crippen molar-refractivity contribution in [3.8, 4) is 5.75 Å². The summed E-state index contributed by atoms with van der Waals surface area (Å²) >= 11 is 0. The molecule has 1 aliphatic rings. The molecular weight excluding hydrogens is 340 g/mol. The number of amides is 1. The van der Waals surface area contributed by atoms with Crippen LogP contribution in [-0.2, 0) is 11.2 Å². The molecule has 140 valence electrons. The van der Waals surface area contributed by atoms with Crippen LogP contribution in [-0.4, -0.2) is 30.6 Å². The van der Waals surface area contributed by atoms with Gasteiger partial charge in [-0.2, -0.15) is 0 Å². The molecular formula is C21H24N4O2. The number of carbonyl (C=O) groups is 1. The SMILES string of the molecule is COc1ccc(C2CC(C(=O)NCCc3c[nH]c4ccccc34)NN2)cc1. The van der Waals surface area contributed by atoms with Crippen molar-refractivity contribution in [1.29, 1.82) is 0 Å². The van der Waals surface area contributed by atoms with Crippen LogP contribution in [0.15, 0.2) is 54.7 Å². The quantitative estimate of drug-likeness (QED) is 0.542. The fraction of sp³-hybridized carbons (Fsp3) is 0.286. The predicted molar refractivity (Wildman–Crippen MR) is 105 cm³/mol. The van der Waals surface area contributed by atoms with Gasteiger partial charge in [-0.1, -0.05) is 30.3 Å². The summed E-state index contributed by atoms with van der Waals surface area (Å²) in [6, 6.07) is 16.0. The molecule has 1 fully saturated rings. The number of ether oxygens (including phenoxy) is 1. The highest BCUT2D eigenvalue weighted by Gasteiger charge is 2.29. The Balaban J connectivity index is 1.29. The summed E-state index contributed by atoms with van der Waals surface area (Å²) in [7, 11) is 1.65. The molecule has 4 N–H and O–H groups in total. The normalized spacial score (nSPS) is 19.3. The highest BCUT2D eigenvalue weighted by Crippen LogP contribution is 2.24. The number of aromatic nitrogens is 1. The van der Waals surface area contributed by atoms with E-state index in [4.69, 9.17) is 4.74 Å². The van der Waals surface area contributed by atoms with Gasteiger partial charge in [0.1, 0.15) is 11.8 Å². The van der Waals surface area contributed by atoms with Gasteiger partial charge < -0.3 is 15.0 Å². The molecule has 3 aromatic rings. The molecule has 4 rings (SSSR count). The van der Waals surface area contributed by atoms with E-state index in [0.29, 0.717) is 13.0 Å². The van der Waals surface area contributed by atoms with Gasteiger partial charge in [0.25, 0.3) is 0 Å². The Morgan fingerprint density at radius 3 is 2.78 bits per heavy atom. The smallest absolute Gasteiger partial charge is 0.238 e. The number of hydrazine groups is 1. The van der Waals surface area contributed by atoms with Crippen LogP contribution in [0.3, 0.4) is 0 Å². The summed E-state index contributed by atoms with van der Waals surface area (Å²) in [5.74, 6) is 0.856. The fourth-order valence-electron chi connectivity index (χ4n) is 3.56. The van der Waals surface area contributed by atoms with E-state index >= 15 is 0 Å². The molecule has 27 heavy (non-hydrogen) atoms. The standard InChI is InChI=1S/C21H24N4O2/c1-27-16-8-6-14(7-9-16)19-12-20(25-24-19)21(26)22-11-10-15-13-23-18-5-3-2-4-17(15)18/h2-9,13,19-20,23-25H,10-12H2,1H3,(H,22,26). The minimum atomic E-state index is -0.236. The van der Waals surface area contributed by atoms with Gasteiger partial charge in [-0.3, -0.25) is 4.79 Å². The number of hydrogen-bond donors (Lipinski definition) is 4. The third-order valence-electron chi connectivity index (χ3n) is 5.11. The maximum absolute atomic E-state index is 12.5. The highest BCUT2D eigenvalue weighted by molar-refractivity contribution is 5.84. The van der Waals surface area contributed by atoms with E-state index in [9.17, 15) is 4.79 Å².